The predicted octanol–water partition coefficient (Wildman–Crippen LogP) is 3.66. The Labute approximate surface area is 124 Å². The number of amides is 1. The van der Waals surface area contributed by atoms with Crippen LogP contribution in [0.15, 0.2) is 42.6 Å². The van der Waals surface area contributed by atoms with E-state index in [0.29, 0.717) is 23.7 Å². The van der Waals surface area contributed by atoms with Gasteiger partial charge in [-0.3, -0.25) is 9.78 Å². The smallest absolute Gasteiger partial charge is 0.252 e. The number of nitrogens with zero attached hydrogens (tertiary/aromatic N) is 1. The van der Waals surface area contributed by atoms with E-state index in [-0.39, 0.29) is 11.7 Å². The van der Waals surface area contributed by atoms with Gasteiger partial charge in [0.25, 0.3) is 5.91 Å². The number of carbonyl (C=O) groups excluding carboxylic acids is 1. The first kappa shape index (κ1) is 15.2. The van der Waals surface area contributed by atoms with Gasteiger partial charge in [0.1, 0.15) is 5.82 Å². The van der Waals surface area contributed by atoms with Crippen molar-refractivity contribution in [2.45, 2.75) is 20.3 Å². The molecular weight excluding hydrogens is 267 g/mol. The summed E-state index contributed by atoms with van der Waals surface area (Å²) < 4.78 is 12.9. The minimum atomic E-state index is -0.278. The van der Waals surface area contributed by atoms with Gasteiger partial charge >= 0.3 is 0 Å². The SMILES string of the molecule is CC(C)CCNC(=O)c1ccc(-c2ccc(F)cc2)nc1. The van der Waals surface area contributed by atoms with Gasteiger partial charge < -0.3 is 5.32 Å². The number of hydrogen-bond donors (Lipinski definition) is 1. The second-order valence-corrected chi connectivity index (χ2v) is 5.38. The molecule has 0 unspecified atom stereocenters. The minimum Gasteiger partial charge on any atom is -0.352 e. The summed E-state index contributed by atoms with van der Waals surface area (Å²) in [5, 5.41) is 2.87. The lowest BCUT2D eigenvalue weighted by atomic mass is 10.1. The summed E-state index contributed by atoms with van der Waals surface area (Å²) in [7, 11) is 0. The van der Waals surface area contributed by atoms with E-state index in [4.69, 9.17) is 0 Å². The first-order chi connectivity index (χ1) is 10.1. The van der Waals surface area contributed by atoms with E-state index in [1.165, 1.54) is 12.1 Å². The summed E-state index contributed by atoms with van der Waals surface area (Å²) >= 11 is 0. The highest BCUT2D eigenvalue weighted by Crippen LogP contribution is 2.17. The van der Waals surface area contributed by atoms with Crippen molar-refractivity contribution in [2.75, 3.05) is 6.54 Å². The largest absolute Gasteiger partial charge is 0.352 e. The number of nitrogens with one attached hydrogen (secondary N) is 1. The minimum absolute atomic E-state index is 0.117. The number of hydrogen-bond acceptors (Lipinski definition) is 2. The molecule has 0 aliphatic heterocycles. The van der Waals surface area contributed by atoms with Crippen LogP contribution in [0.3, 0.4) is 0 Å². The van der Waals surface area contributed by atoms with Gasteiger partial charge in [-0.15, -0.1) is 0 Å². The second-order valence-electron chi connectivity index (χ2n) is 5.38. The van der Waals surface area contributed by atoms with Crippen molar-refractivity contribution >= 4 is 5.91 Å². The molecule has 0 saturated heterocycles. The number of aromatic nitrogens is 1. The summed E-state index contributed by atoms with van der Waals surface area (Å²) in [6.45, 7) is 4.90. The molecule has 0 atom stereocenters. The summed E-state index contributed by atoms with van der Waals surface area (Å²) in [6.07, 6.45) is 2.50. The number of pyridine rings is 1. The van der Waals surface area contributed by atoms with E-state index in [1.54, 1.807) is 30.5 Å². The van der Waals surface area contributed by atoms with Crippen LogP contribution in [0.25, 0.3) is 11.3 Å². The summed E-state index contributed by atoms with van der Waals surface area (Å²) in [6, 6.07) is 9.62. The van der Waals surface area contributed by atoms with Gasteiger partial charge in [-0.05, 0) is 48.7 Å². The van der Waals surface area contributed by atoms with Gasteiger partial charge in [0.2, 0.25) is 0 Å². The Balaban J connectivity index is 2.01. The lowest BCUT2D eigenvalue weighted by Crippen LogP contribution is -2.25. The quantitative estimate of drug-likeness (QED) is 0.911. The fraction of sp³-hybridized carbons (Fsp3) is 0.294. The average Bonchev–Trinajstić information content (AvgIpc) is 2.48. The average molecular weight is 286 g/mol. The lowest BCUT2D eigenvalue weighted by Gasteiger charge is -2.07. The van der Waals surface area contributed by atoms with Crippen LogP contribution in [0, 0.1) is 11.7 Å². The lowest BCUT2D eigenvalue weighted by molar-refractivity contribution is 0.0951. The molecule has 1 heterocycles. The number of rotatable bonds is 5. The van der Waals surface area contributed by atoms with Crippen LogP contribution in [0.1, 0.15) is 30.6 Å². The molecule has 0 bridgehead atoms. The van der Waals surface area contributed by atoms with E-state index >= 15 is 0 Å². The maximum Gasteiger partial charge on any atom is 0.252 e. The van der Waals surface area contributed by atoms with Gasteiger partial charge in [0.05, 0.1) is 11.3 Å². The Hall–Kier alpha value is -2.23. The number of benzene rings is 1. The molecule has 1 N–H and O–H groups in total. The Morgan fingerprint density at radius 1 is 1.19 bits per heavy atom. The molecule has 0 saturated carbocycles. The zero-order chi connectivity index (χ0) is 15.2. The Morgan fingerprint density at radius 2 is 1.90 bits per heavy atom. The van der Waals surface area contributed by atoms with Crippen LogP contribution in [-0.2, 0) is 0 Å². The standard InChI is InChI=1S/C17H19FN2O/c1-12(2)9-10-19-17(21)14-5-8-16(20-11-14)13-3-6-15(18)7-4-13/h3-8,11-12H,9-10H2,1-2H3,(H,19,21). The molecule has 4 heteroatoms. The second kappa shape index (κ2) is 6.97. The van der Waals surface area contributed by atoms with Crippen molar-refractivity contribution in [1.82, 2.24) is 10.3 Å². The highest BCUT2D eigenvalue weighted by molar-refractivity contribution is 5.94. The van der Waals surface area contributed by atoms with Crippen molar-refractivity contribution in [1.29, 1.82) is 0 Å². The fourth-order valence-electron chi connectivity index (χ4n) is 1.90. The Bertz CT molecular complexity index is 591. The molecular formula is C17H19FN2O. The maximum atomic E-state index is 12.9. The summed E-state index contributed by atoms with van der Waals surface area (Å²) in [5.74, 6) is 0.165. The predicted molar refractivity (Wildman–Crippen MR) is 81.4 cm³/mol. The molecule has 3 nitrogen and oxygen atoms in total. The molecule has 0 radical (unpaired) electrons. The maximum absolute atomic E-state index is 12.9. The summed E-state index contributed by atoms with van der Waals surface area (Å²) in [5.41, 5.74) is 2.07. The molecule has 0 spiro atoms. The normalized spacial score (nSPS) is 10.7. The van der Waals surface area contributed by atoms with Crippen molar-refractivity contribution in [2.24, 2.45) is 5.92 Å². The molecule has 2 aromatic rings. The first-order valence-electron chi connectivity index (χ1n) is 7.06. The first-order valence-corrected chi connectivity index (χ1v) is 7.06. The van der Waals surface area contributed by atoms with Crippen molar-refractivity contribution in [3.05, 3.63) is 54.0 Å². The summed E-state index contributed by atoms with van der Waals surface area (Å²) in [4.78, 5) is 16.2. The third kappa shape index (κ3) is 4.38. The molecule has 0 aliphatic rings. The fourth-order valence-corrected chi connectivity index (χ4v) is 1.90. The van der Waals surface area contributed by atoms with Gasteiger partial charge in [-0.25, -0.2) is 4.39 Å². The zero-order valence-corrected chi connectivity index (χ0v) is 12.3. The Kier molecular flexibility index (Phi) is 5.04. The molecule has 0 aliphatic carbocycles. The topological polar surface area (TPSA) is 42.0 Å². The highest BCUT2D eigenvalue weighted by atomic mass is 19.1. The molecule has 21 heavy (non-hydrogen) atoms. The van der Waals surface area contributed by atoms with E-state index in [0.717, 1.165) is 12.0 Å². The molecule has 2 rings (SSSR count). The van der Waals surface area contributed by atoms with Gasteiger partial charge in [-0.1, -0.05) is 13.8 Å². The van der Waals surface area contributed by atoms with Crippen LogP contribution in [0.2, 0.25) is 0 Å². The van der Waals surface area contributed by atoms with Crippen LogP contribution in [0.5, 0.6) is 0 Å². The molecule has 110 valence electrons. The Morgan fingerprint density at radius 3 is 2.48 bits per heavy atom. The van der Waals surface area contributed by atoms with Crippen molar-refractivity contribution in [3.8, 4) is 11.3 Å². The monoisotopic (exact) mass is 286 g/mol. The third-order valence-corrected chi connectivity index (χ3v) is 3.17. The molecule has 1 aromatic carbocycles. The molecule has 1 aromatic heterocycles. The van der Waals surface area contributed by atoms with Crippen molar-refractivity contribution in [3.63, 3.8) is 0 Å². The highest BCUT2D eigenvalue weighted by Gasteiger charge is 2.07. The van der Waals surface area contributed by atoms with E-state index < -0.39 is 0 Å². The van der Waals surface area contributed by atoms with E-state index in [1.807, 2.05) is 0 Å². The number of halogens is 1. The van der Waals surface area contributed by atoms with E-state index in [2.05, 4.69) is 24.1 Å². The molecule has 1 amide bonds. The van der Waals surface area contributed by atoms with Gasteiger partial charge in [-0.2, -0.15) is 0 Å². The van der Waals surface area contributed by atoms with Crippen LogP contribution in [-0.4, -0.2) is 17.4 Å². The third-order valence-electron chi connectivity index (χ3n) is 3.17. The van der Waals surface area contributed by atoms with Gasteiger partial charge in [0.15, 0.2) is 0 Å². The zero-order valence-electron chi connectivity index (χ0n) is 12.3. The van der Waals surface area contributed by atoms with Crippen LogP contribution in [0.4, 0.5) is 4.39 Å². The number of carbonyl (C=O) groups is 1. The van der Waals surface area contributed by atoms with Crippen LogP contribution < -0.4 is 5.32 Å². The van der Waals surface area contributed by atoms with Crippen molar-refractivity contribution < 1.29 is 9.18 Å². The van der Waals surface area contributed by atoms with Crippen LogP contribution >= 0.6 is 0 Å². The molecule has 0 fully saturated rings. The van der Waals surface area contributed by atoms with Gasteiger partial charge in [0, 0.05) is 18.3 Å². The van der Waals surface area contributed by atoms with E-state index in [9.17, 15) is 9.18 Å².